The van der Waals surface area contributed by atoms with Crippen LogP contribution in [0.4, 0.5) is 0 Å². The van der Waals surface area contributed by atoms with Gasteiger partial charge in [0.1, 0.15) is 12.0 Å². The summed E-state index contributed by atoms with van der Waals surface area (Å²) >= 11 is 0. The van der Waals surface area contributed by atoms with Gasteiger partial charge >= 0.3 is 0 Å². The van der Waals surface area contributed by atoms with Crippen molar-refractivity contribution in [3.05, 3.63) is 34.5 Å². The van der Waals surface area contributed by atoms with Crippen molar-refractivity contribution < 1.29 is 4.74 Å². The summed E-state index contributed by atoms with van der Waals surface area (Å²) in [6.07, 6.45) is 1.36. The highest BCUT2D eigenvalue weighted by Crippen LogP contribution is 2.14. The Morgan fingerprint density at radius 2 is 2.12 bits per heavy atom. The van der Waals surface area contributed by atoms with Crippen molar-refractivity contribution in [3.63, 3.8) is 0 Å². The number of hydrogen-bond acceptors (Lipinski definition) is 5. The number of aryl methyl sites for hydroxylation is 1. The molecular formula is C10H10N4O2. The van der Waals surface area contributed by atoms with Crippen molar-refractivity contribution in [2.24, 2.45) is 0 Å². The van der Waals surface area contributed by atoms with Gasteiger partial charge in [-0.05, 0) is 6.92 Å². The lowest BCUT2D eigenvalue weighted by molar-refractivity contribution is 0.397. The minimum atomic E-state index is -0.208. The van der Waals surface area contributed by atoms with Gasteiger partial charge < -0.3 is 9.72 Å². The van der Waals surface area contributed by atoms with Crippen LogP contribution in [0, 0.1) is 6.92 Å². The molecule has 2 rings (SSSR count). The smallest absolute Gasteiger partial charge is 0.251 e. The van der Waals surface area contributed by atoms with Crippen molar-refractivity contribution in [2.45, 2.75) is 6.92 Å². The summed E-state index contributed by atoms with van der Waals surface area (Å²) in [6, 6.07) is 3.03. The largest absolute Gasteiger partial charge is 0.481 e. The first-order chi connectivity index (χ1) is 7.69. The number of nitrogens with one attached hydrogen (secondary N) is 1. The highest BCUT2D eigenvalue weighted by atomic mass is 16.5. The van der Waals surface area contributed by atoms with Crippen LogP contribution < -0.4 is 10.3 Å². The first-order valence-electron chi connectivity index (χ1n) is 4.63. The molecule has 0 saturated carbocycles. The number of ether oxygens (including phenoxy) is 1. The van der Waals surface area contributed by atoms with Crippen LogP contribution in [0.1, 0.15) is 5.69 Å². The summed E-state index contributed by atoms with van der Waals surface area (Å²) < 4.78 is 4.97. The number of rotatable bonds is 2. The fraction of sp³-hybridized carbons (Fsp3) is 0.200. The van der Waals surface area contributed by atoms with Gasteiger partial charge in [0.15, 0.2) is 5.82 Å². The molecule has 2 aromatic rings. The molecule has 82 valence electrons. The quantitative estimate of drug-likeness (QED) is 0.795. The van der Waals surface area contributed by atoms with Gasteiger partial charge in [-0.3, -0.25) is 4.79 Å². The monoisotopic (exact) mass is 218 g/mol. The molecule has 0 unspecified atom stereocenters. The average molecular weight is 218 g/mol. The molecule has 6 nitrogen and oxygen atoms in total. The van der Waals surface area contributed by atoms with Crippen LogP contribution in [0.2, 0.25) is 0 Å². The summed E-state index contributed by atoms with van der Waals surface area (Å²) in [5.74, 6) is 0.833. The van der Waals surface area contributed by atoms with Gasteiger partial charge in [-0.15, -0.1) is 0 Å². The standard InChI is InChI=1S/C10H10N4O2/c1-6-3-8(15)14-10(13-6)7-4-9(16-2)12-5-11-7/h3-5H,1-2H3,(H,13,14,15). The highest BCUT2D eigenvalue weighted by molar-refractivity contribution is 5.49. The van der Waals surface area contributed by atoms with E-state index in [1.807, 2.05) is 0 Å². The lowest BCUT2D eigenvalue weighted by Gasteiger charge is -2.02. The highest BCUT2D eigenvalue weighted by Gasteiger charge is 2.05. The summed E-state index contributed by atoms with van der Waals surface area (Å²) in [7, 11) is 1.51. The molecule has 0 fully saturated rings. The lowest BCUT2D eigenvalue weighted by Crippen LogP contribution is -2.09. The number of nitrogens with zero attached hydrogens (tertiary/aromatic N) is 3. The third-order valence-electron chi connectivity index (χ3n) is 1.96. The molecule has 0 amide bonds. The van der Waals surface area contributed by atoms with Gasteiger partial charge in [0.25, 0.3) is 5.56 Å². The van der Waals surface area contributed by atoms with E-state index in [0.717, 1.165) is 0 Å². The van der Waals surface area contributed by atoms with E-state index in [9.17, 15) is 4.79 Å². The molecule has 0 radical (unpaired) electrons. The maximum atomic E-state index is 11.3. The Morgan fingerprint density at radius 3 is 2.81 bits per heavy atom. The Balaban J connectivity index is 2.53. The van der Waals surface area contributed by atoms with Gasteiger partial charge in [0, 0.05) is 17.8 Å². The van der Waals surface area contributed by atoms with E-state index in [0.29, 0.717) is 23.1 Å². The number of hydrogen-bond donors (Lipinski definition) is 1. The second-order valence-corrected chi connectivity index (χ2v) is 3.18. The van der Waals surface area contributed by atoms with Crippen molar-refractivity contribution >= 4 is 0 Å². The van der Waals surface area contributed by atoms with E-state index in [4.69, 9.17) is 4.74 Å². The van der Waals surface area contributed by atoms with E-state index in [1.165, 1.54) is 19.5 Å². The van der Waals surface area contributed by atoms with Crippen LogP contribution in [-0.4, -0.2) is 27.0 Å². The second-order valence-electron chi connectivity index (χ2n) is 3.18. The predicted molar refractivity (Wildman–Crippen MR) is 57.2 cm³/mol. The van der Waals surface area contributed by atoms with Crippen LogP contribution in [0.3, 0.4) is 0 Å². The van der Waals surface area contributed by atoms with E-state index in [2.05, 4.69) is 19.9 Å². The second kappa shape index (κ2) is 4.09. The zero-order valence-corrected chi connectivity index (χ0v) is 8.89. The number of methoxy groups -OCH3 is 1. The Kier molecular flexibility index (Phi) is 2.63. The first kappa shape index (κ1) is 10.3. The fourth-order valence-corrected chi connectivity index (χ4v) is 1.28. The molecule has 6 heteroatoms. The van der Waals surface area contributed by atoms with Gasteiger partial charge in [-0.1, -0.05) is 0 Å². The molecule has 0 bridgehead atoms. The molecule has 0 spiro atoms. The van der Waals surface area contributed by atoms with Gasteiger partial charge in [0.05, 0.1) is 7.11 Å². The summed E-state index contributed by atoms with van der Waals surface area (Å²) in [4.78, 5) is 25.9. The van der Waals surface area contributed by atoms with E-state index in [-0.39, 0.29) is 5.56 Å². The molecule has 2 aromatic heterocycles. The minimum Gasteiger partial charge on any atom is -0.481 e. The molecule has 0 saturated heterocycles. The van der Waals surface area contributed by atoms with E-state index < -0.39 is 0 Å². The normalized spacial score (nSPS) is 10.1. The maximum Gasteiger partial charge on any atom is 0.251 e. The summed E-state index contributed by atoms with van der Waals surface area (Å²) in [6.45, 7) is 1.75. The third-order valence-corrected chi connectivity index (χ3v) is 1.96. The minimum absolute atomic E-state index is 0.208. The van der Waals surface area contributed by atoms with Gasteiger partial charge in [-0.25, -0.2) is 15.0 Å². The molecule has 1 N–H and O–H groups in total. The molecular weight excluding hydrogens is 208 g/mol. The Bertz CT molecular complexity index is 565. The number of H-pyrrole nitrogens is 1. The number of aromatic amines is 1. The molecule has 0 aliphatic rings. The maximum absolute atomic E-state index is 11.3. The fourth-order valence-electron chi connectivity index (χ4n) is 1.28. The Hall–Kier alpha value is -2.24. The third kappa shape index (κ3) is 2.05. The molecule has 0 aliphatic carbocycles. The lowest BCUT2D eigenvalue weighted by atomic mass is 10.3. The molecule has 0 aliphatic heterocycles. The molecule has 0 atom stereocenters. The zero-order valence-electron chi connectivity index (χ0n) is 8.89. The predicted octanol–water partition coefficient (Wildman–Crippen LogP) is 0.544. The van der Waals surface area contributed by atoms with Crippen molar-refractivity contribution in [1.82, 2.24) is 19.9 Å². The molecule has 0 aromatic carbocycles. The van der Waals surface area contributed by atoms with Crippen LogP contribution in [0.5, 0.6) is 5.88 Å². The average Bonchev–Trinajstić information content (AvgIpc) is 2.28. The van der Waals surface area contributed by atoms with Crippen molar-refractivity contribution in [2.75, 3.05) is 7.11 Å². The Morgan fingerprint density at radius 1 is 1.31 bits per heavy atom. The topological polar surface area (TPSA) is 80.8 Å². The van der Waals surface area contributed by atoms with Crippen LogP contribution in [0.25, 0.3) is 11.5 Å². The van der Waals surface area contributed by atoms with Crippen LogP contribution in [0.15, 0.2) is 23.3 Å². The van der Waals surface area contributed by atoms with Crippen molar-refractivity contribution in [1.29, 1.82) is 0 Å². The van der Waals surface area contributed by atoms with Gasteiger partial charge in [0.2, 0.25) is 5.88 Å². The van der Waals surface area contributed by atoms with E-state index in [1.54, 1.807) is 13.0 Å². The molecule has 2 heterocycles. The Labute approximate surface area is 91.4 Å². The van der Waals surface area contributed by atoms with Gasteiger partial charge in [-0.2, -0.15) is 0 Å². The summed E-state index contributed by atoms with van der Waals surface area (Å²) in [5, 5.41) is 0. The van der Waals surface area contributed by atoms with Crippen LogP contribution >= 0.6 is 0 Å². The zero-order chi connectivity index (χ0) is 11.5. The van der Waals surface area contributed by atoms with Crippen molar-refractivity contribution in [3.8, 4) is 17.4 Å². The van der Waals surface area contributed by atoms with Crippen LogP contribution in [-0.2, 0) is 0 Å². The SMILES string of the molecule is COc1cc(-c2nc(C)cc(=O)[nH]2)ncn1. The first-order valence-corrected chi connectivity index (χ1v) is 4.63. The number of aromatic nitrogens is 4. The summed E-state index contributed by atoms with van der Waals surface area (Å²) in [5.41, 5.74) is 0.948. The molecule has 16 heavy (non-hydrogen) atoms. The van der Waals surface area contributed by atoms with E-state index >= 15 is 0 Å².